The second-order valence-corrected chi connectivity index (χ2v) is 6.59. The molecule has 0 aromatic heterocycles. The van der Waals surface area contributed by atoms with Crippen LogP contribution in [0.4, 0.5) is 0 Å². The summed E-state index contributed by atoms with van der Waals surface area (Å²) in [5, 5.41) is 1.30. The Morgan fingerprint density at radius 1 is 0.857 bits per heavy atom. The Morgan fingerprint density at radius 2 is 1.43 bits per heavy atom. The van der Waals surface area contributed by atoms with Gasteiger partial charge in [-0.15, -0.1) is 23.2 Å². The zero-order valence-electron chi connectivity index (χ0n) is 11.7. The Kier molecular flexibility index (Phi) is 5.85. The lowest BCUT2D eigenvalue weighted by Gasteiger charge is -2.32. The molecule has 0 N–H and O–H groups in total. The Hall–Kier alpha value is -0.400. The highest BCUT2D eigenvalue weighted by atomic mass is 35.5. The Balaban J connectivity index is 2.51. The lowest BCUT2D eigenvalue weighted by Crippen LogP contribution is -2.34. The topological polar surface area (TPSA) is 0 Å². The Bertz CT molecular complexity index is 598. The Morgan fingerprint density at radius 3 is 1.95 bits per heavy atom. The Labute approximate surface area is 146 Å². The molecule has 0 heterocycles. The number of hydrogen-bond acceptors (Lipinski definition) is 0. The molecule has 0 saturated carbocycles. The first kappa shape index (κ1) is 17.0. The molecule has 112 valence electrons. The van der Waals surface area contributed by atoms with Crippen molar-refractivity contribution in [2.45, 2.75) is 18.8 Å². The third-order valence-electron chi connectivity index (χ3n) is 3.80. The summed E-state index contributed by atoms with van der Waals surface area (Å²) in [6.45, 7) is 2.07. The number of rotatable bonds is 5. The smallest absolute Gasteiger partial charge is 0.0453 e. The van der Waals surface area contributed by atoms with E-state index >= 15 is 0 Å². The maximum Gasteiger partial charge on any atom is 0.0453 e. The van der Waals surface area contributed by atoms with Gasteiger partial charge in [0.1, 0.15) is 0 Å². The number of hydrogen-bond donors (Lipinski definition) is 0. The fourth-order valence-electron chi connectivity index (χ4n) is 2.58. The average molecular weight is 362 g/mol. The molecule has 0 aliphatic rings. The first-order chi connectivity index (χ1) is 10.0. The van der Waals surface area contributed by atoms with Crippen molar-refractivity contribution in [3.63, 3.8) is 0 Å². The maximum atomic E-state index is 6.31. The highest BCUT2D eigenvalue weighted by molar-refractivity contribution is 6.36. The summed E-state index contributed by atoms with van der Waals surface area (Å²) >= 11 is 25.2. The molecular weight excluding hydrogens is 346 g/mol. The van der Waals surface area contributed by atoms with Crippen LogP contribution < -0.4 is 0 Å². The van der Waals surface area contributed by atoms with E-state index in [-0.39, 0.29) is 5.41 Å². The van der Waals surface area contributed by atoms with Crippen molar-refractivity contribution in [2.75, 3.05) is 11.8 Å². The standard InChI is InChI=1S/C17H16Cl4/c1-12-5-2-3-6-14(12)17(10-18,11-19)9-13-15(20)7-4-8-16(13)21/h2-8H,9-11H2,1H3. The fraction of sp³-hybridized carbons (Fsp3) is 0.294. The molecule has 0 radical (unpaired) electrons. The van der Waals surface area contributed by atoms with Gasteiger partial charge in [0.05, 0.1) is 0 Å². The molecule has 0 spiro atoms. The van der Waals surface area contributed by atoms with Crippen LogP contribution in [-0.4, -0.2) is 11.8 Å². The van der Waals surface area contributed by atoms with E-state index in [1.165, 1.54) is 5.56 Å². The number of halogens is 4. The largest absolute Gasteiger partial charge is 0.126 e. The van der Waals surface area contributed by atoms with Crippen LogP contribution in [0.1, 0.15) is 16.7 Å². The van der Waals surface area contributed by atoms with Crippen molar-refractivity contribution in [3.8, 4) is 0 Å². The van der Waals surface area contributed by atoms with Crippen molar-refractivity contribution in [1.82, 2.24) is 0 Å². The zero-order chi connectivity index (χ0) is 15.5. The first-order valence-corrected chi connectivity index (χ1v) is 8.47. The van der Waals surface area contributed by atoms with Gasteiger partial charge in [-0.3, -0.25) is 0 Å². The highest BCUT2D eigenvalue weighted by Gasteiger charge is 2.33. The summed E-state index contributed by atoms with van der Waals surface area (Å²) in [7, 11) is 0. The summed E-state index contributed by atoms with van der Waals surface area (Å²) in [6.07, 6.45) is 0.614. The molecule has 0 amide bonds. The maximum absolute atomic E-state index is 6.31. The van der Waals surface area contributed by atoms with Crippen LogP contribution in [0.2, 0.25) is 10.0 Å². The number of benzene rings is 2. The lowest BCUT2D eigenvalue weighted by atomic mass is 9.77. The van der Waals surface area contributed by atoms with Crippen LogP contribution in [0.15, 0.2) is 42.5 Å². The van der Waals surface area contributed by atoms with E-state index in [4.69, 9.17) is 46.4 Å². The normalized spacial score (nSPS) is 11.7. The number of alkyl halides is 2. The van der Waals surface area contributed by atoms with Crippen molar-refractivity contribution in [1.29, 1.82) is 0 Å². The molecule has 4 heteroatoms. The predicted molar refractivity (Wildman–Crippen MR) is 94.5 cm³/mol. The third kappa shape index (κ3) is 3.51. The van der Waals surface area contributed by atoms with E-state index in [2.05, 4.69) is 19.1 Å². The van der Waals surface area contributed by atoms with E-state index in [9.17, 15) is 0 Å². The second-order valence-electron chi connectivity index (χ2n) is 5.24. The molecule has 0 saturated heterocycles. The molecule has 2 aromatic rings. The van der Waals surface area contributed by atoms with Crippen LogP contribution in [0.5, 0.6) is 0 Å². The van der Waals surface area contributed by atoms with Gasteiger partial charge in [-0.1, -0.05) is 53.5 Å². The zero-order valence-corrected chi connectivity index (χ0v) is 14.7. The molecule has 2 aromatic carbocycles. The van der Waals surface area contributed by atoms with Gasteiger partial charge in [0, 0.05) is 27.2 Å². The number of aryl methyl sites for hydroxylation is 1. The monoisotopic (exact) mass is 360 g/mol. The highest BCUT2D eigenvalue weighted by Crippen LogP contribution is 2.37. The van der Waals surface area contributed by atoms with Gasteiger partial charge in [0.25, 0.3) is 0 Å². The van der Waals surface area contributed by atoms with Gasteiger partial charge in [0.15, 0.2) is 0 Å². The summed E-state index contributed by atoms with van der Waals surface area (Å²) in [5.41, 5.74) is 2.82. The lowest BCUT2D eigenvalue weighted by molar-refractivity contribution is 0.533. The minimum atomic E-state index is -0.386. The van der Waals surface area contributed by atoms with E-state index in [1.807, 2.05) is 30.3 Å². The quantitative estimate of drug-likeness (QED) is 0.551. The van der Waals surface area contributed by atoms with Gasteiger partial charge < -0.3 is 0 Å². The van der Waals surface area contributed by atoms with Crippen molar-refractivity contribution in [2.24, 2.45) is 0 Å². The summed E-state index contributed by atoms with van der Waals surface area (Å²) in [4.78, 5) is 0. The van der Waals surface area contributed by atoms with Crippen LogP contribution in [-0.2, 0) is 11.8 Å². The molecule has 0 bridgehead atoms. The van der Waals surface area contributed by atoms with E-state index in [0.717, 1.165) is 11.1 Å². The van der Waals surface area contributed by atoms with Crippen molar-refractivity contribution in [3.05, 3.63) is 69.2 Å². The summed E-state index contributed by atoms with van der Waals surface area (Å²) in [6, 6.07) is 13.7. The summed E-state index contributed by atoms with van der Waals surface area (Å²) < 4.78 is 0. The van der Waals surface area contributed by atoms with E-state index in [1.54, 1.807) is 0 Å². The SMILES string of the molecule is Cc1ccccc1C(CCl)(CCl)Cc1c(Cl)cccc1Cl. The van der Waals surface area contributed by atoms with E-state index in [0.29, 0.717) is 28.2 Å². The van der Waals surface area contributed by atoms with Crippen LogP contribution in [0, 0.1) is 6.92 Å². The van der Waals surface area contributed by atoms with Crippen molar-refractivity contribution >= 4 is 46.4 Å². The molecule has 0 fully saturated rings. The van der Waals surface area contributed by atoms with Crippen LogP contribution >= 0.6 is 46.4 Å². The minimum absolute atomic E-state index is 0.386. The summed E-state index contributed by atoms with van der Waals surface area (Å²) in [5.74, 6) is 0.811. The molecule has 0 atom stereocenters. The molecule has 21 heavy (non-hydrogen) atoms. The molecular formula is C17H16Cl4. The minimum Gasteiger partial charge on any atom is -0.126 e. The molecule has 0 unspecified atom stereocenters. The van der Waals surface area contributed by atoms with Crippen LogP contribution in [0.3, 0.4) is 0 Å². The predicted octanol–water partition coefficient (Wildman–Crippen LogP) is 6.26. The van der Waals surface area contributed by atoms with Crippen LogP contribution in [0.25, 0.3) is 0 Å². The fourth-order valence-corrected chi connectivity index (χ4v) is 3.87. The molecule has 0 aliphatic carbocycles. The average Bonchev–Trinajstić information content (AvgIpc) is 2.49. The van der Waals surface area contributed by atoms with Gasteiger partial charge in [-0.25, -0.2) is 0 Å². The van der Waals surface area contributed by atoms with Gasteiger partial charge in [0.2, 0.25) is 0 Å². The van der Waals surface area contributed by atoms with Crippen molar-refractivity contribution < 1.29 is 0 Å². The molecule has 0 aliphatic heterocycles. The first-order valence-electron chi connectivity index (χ1n) is 6.65. The van der Waals surface area contributed by atoms with Gasteiger partial charge >= 0.3 is 0 Å². The van der Waals surface area contributed by atoms with E-state index < -0.39 is 0 Å². The second kappa shape index (κ2) is 7.24. The van der Waals surface area contributed by atoms with Gasteiger partial charge in [-0.05, 0) is 42.2 Å². The third-order valence-corrected chi connectivity index (χ3v) is 5.54. The van der Waals surface area contributed by atoms with Gasteiger partial charge in [-0.2, -0.15) is 0 Å². The molecule has 2 rings (SSSR count). The molecule has 0 nitrogen and oxygen atoms in total.